The summed E-state index contributed by atoms with van der Waals surface area (Å²) in [5.74, 6) is 2.83. The van der Waals surface area contributed by atoms with Crippen LogP contribution in [0.15, 0.2) is 47.7 Å². The number of allylic oxidation sites excluding steroid dienone is 1. The first-order valence-electron chi connectivity index (χ1n) is 9.85. The number of carbonyl (C=O) groups excluding carboxylic acids is 1. The van der Waals surface area contributed by atoms with E-state index in [2.05, 4.69) is 10.3 Å². The van der Waals surface area contributed by atoms with Crippen molar-refractivity contribution < 1.29 is 23.7 Å². The molecule has 164 valence electrons. The van der Waals surface area contributed by atoms with Crippen LogP contribution >= 0.6 is 0 Å². The summed E-state index contributed by atoms with van der Waals surface area (Å²) in [7, 11) is 3.15. The Bertz CT molecular complexity index is 1240. The smallest absolute Gasteiger partial charge is 0.248 e. The van der Waals surface area contributed by atoms with Gasteiger partial charge in [0, 0.05) is 17.3 Å². The third-order valence-corrected chi connectivity index (χ3v) is 5.44. The number of aromatic nitrogens is 3. The number of amides is 1. The maximum atomic E-state index is 12.4. The van der Waals surface area contributed by atoms with E-state index in [1.54, 1.807) is 38.0 Å². The molecular formula is C22H21N5O5. The number of nitrogens with zero attached hydrogens (tertiary/aromatic N) is 3. The normalized spacial score (nSPS) is 16.4. The molecule has 10 nitrogen and oxygen atoms in total. The van der Waals surface area contributed by atoms with Gasteiger partial charge >= 0.3 is 0 Å². The van der Waals surface area contributed by atoms with Crippen molar-refractivity contribution in [3.63, 3.8) is 0 Å². The predicted molar refractivity (Wildman–Crippen MR) is 115 cm³/mol. The van der Waals surface area contributed by atoms with E-state index in [0.29, 0.717) is 51.6 Å². The Balaban J connectivity index is 1.65. The van der Waals surface area contributed by atoms with Crippen LogP contribution < -0.4 is 30.0 Å². The molecule has 10 heteroatoms. The average Bonchev–Trinajstić information content (AvgIpc) is 3.43. The van der Waals surface area contributed by atoms with Crippen molar-refractivity contribution >= 4 is 11.9 Å². The third-order valence-electron chi connectivity index (χ3n) is 5.44. The molecule has 32 heavy (non-hydrogen) atoms. The molecule has 5 rings (SSSR count). The Kier molecular flexibility index (Phi) is 4.62. The van der Waals surface area contributed by atoms with Crippen LogP contribution in [0.25, 0.3) is 11.4 Å². The van der Waals surface area contributed by atoms with Crippen molar-refractivity contribution in [1.82, 2.24) is 14.8 Å². The molecule has 0 saturated carbocycles. The Morgan fingerprint density at radius 1 is 1.12 bits per heavy atom. The molecule has 1 unspecified atom stereocenters. The summed E-state index contributed by atoms with van der Waals surface area (Å²) in [6.07, 6.45) is 0. The number of methoxy groups -OCH3 is 2. The van der Waals surface area contributed by atoms with E-state index >= 15 is 0 Å². The molecule has 0 saturated heterocycles. The molecule has 2 aliphatic heterocycles. The number of hydrogen-bond acceptors (Lipinski definition) is 8. The maximum absolute atomic E-state index is 12.4. The summed E-state index contributed by atoms with van der Waals surface area (Å²) in [6, 6.07) is 10.3. The van der Waals surface area contributed by atoms with Gasteiger partial charge in [0.05, 0.1) is 19.8 Å². The maximum Gasteiger partial charge on any atom is 0.248 e. The number of rotatable bonds is 5. The van der Waals surface area contributed by atoms with Crippen molar-refractivity contribution in [2.24, 2.45) is 5.73 Å². The molecule has 3 heterocycles. The summed E-state index contributed by atoms with van der Waals surface area (Å²) >= 11 is 0. The fourth-order valence-electron chi connectivity index (χ4n) is 3.92. The van der Waals surface area contributed by atoms with Gasteiger partial charge in [-0.2, -0.15) is 4.98 Å². The zero-order valence-electron chi connectivity index (χ0n) is 17.7. The lowest BCUT2D eigenvalue weighted by atomic mass is 9.95. The van der Waals surface area contributed by atoms with E-state index in [1.807, 2.05) is 24.3 Å². The number of fused-ring (bicyclic) bond motifs is 2. The van der Waals surface area contributed by atoms with Gasteiger partial charge in [-0.1, -0.05) is 6.07 Å². The van der Waals surface area contributed by atoms with Crippen molar-refractivity contribution in [2.45, 2.75) is 13.0 Å². The molecule has 1 amide bonds. The minimum absolute atomic E-state index is 0.152. The van der Waals surface area contributed by atoms with E-state index in [-0.39, 0.29) is 6.79 Å². The standard InChI is InChI=1S/C22H21N5O5/c1-11-18(20(23)28)19(12-4-5-16-17(8-12)32-10-31-16)27-22(24-11)25-21(26-27)13-6-14(29-2)9-15(7-13)30-3/h4-9,19H,10H2,1-3H3,(H2,23,28)(H,24,25,26). The van der Waals surface area contributed by atoms with Gasteiger partial charge in [0.25, 0.3) is 0 Å². The average molecular weight is 435 g/mol. The molecule has 2 aromatic carbocycles. The molecule has 1 aromatic heterocycles. The highest BCUT2D eigenvalue weighted by atomic mass is 16.7. The van der Waals surface area contributed by atoms with Gasteiger partial charge in [-0.15, -0.1) is 5.10 Å². The molecule has 0 bridgehead atoms. The molecule has 2 aliphatic rings. The summed E-state index contributed by atoms with van der Waals surface area (Å²) in [6.45, 7) is 1.94. The van der Waals surface area contributed by atoms with Gasteiger partial charge in [-0.3, -0.25) is 4.79 Å². The highest BCUT2D eigenvalue weighted by Crippen LogP contribution is 2.41. The number of hydrogen-bond donors (Lipinski definition) is 2. The first-order chi connectivity index (χ1) is 15.5. The summed E-state index contributed by atoms with van der Waals surface area (Å²) < 4.78 is 23.3. The van der Waals surface area contributed by atoms with Gasteiger partial charge in [0.1, 0.15) is 17.5 Å². The lowest BCUT2D eigenvalue weighted by Gasteiger charge is -2.27. The molecule has 3 aromatic rings. The van der Waals surface area contributed by atoms with E-state index in [9.17, 15) is 4.79 Å². The van der Waals surface area contributed by atoms with Crippen molar-refractivity contribution in [1.29, 1.82) is 0 Å². The fourth-order valence-corrected chi connectivity index (χ4v) is 3.92. The number of anilines is 1. The Labute approximate surface area is 183 Å². The quantitative estimate of drug-likeness (QED) is 0.627. The summed E-state index contributed by atoms with van der Waals surface area (Å²) in [4.78, 5) is 17.1. The second-order valence-corrected chi connectivity index (χ2v) is 7.35. The fraction of sp³-hybridized carbons (Fsp3) is 0.227. The Morgan fingerprint density at radius 3 is 2.53 bits per heavy atom. The van der Waals surface area contributed by atoms with Crippen molar-refractivity contribution in [2.75, 3.05) is 26.3 Å². The second kappa shape index (κ2) is 7.49. The molecule has 1 atom stereocenters. The number of carbonyl (C=O) groups is 1. The van der Waals surface area contributed by atoms with Crippen LogP contribution in [0.2, 0.25) is 0 Å². The molecule has 0 fully saturated rings. The van der Waals surface area contributed by atoms with Gasteiger partial charge in [0.2, 0.25) is 18.6 Å². The monoisotopic (exact) mass is 435 g/mol. The highest BCUT2D eigenvalue weighted by molar-refractivity contribution is 5.95. The Hall–Kier alpha value is -4.21. The topological polar surface area (TPSA) is 123 Å². The van der Waals surface area contributed by atoms with Crippen molar-refractivity contribution in [3.8, 4) is 34.4 Å². The minimum atomic E-state index is -0.591. The number of nitrogens with one attached hydrogen (secondary N) is 1. The lowest BCUT2D eigenvalue weighted by molar-refractivity contribution is -0.115. The molecule has 3 N–H and O–H groups in total. The first kappa shape index (κ1) is 19.7. The van der Waals surface area contributed by atoms with Crippen LogP contribution in [0.4, 0.5) is 5.95 Å². The van der Waals surface area contributed by atoms with E-state index in [4.69, 9.17) is 29.8 Å². The van der Waals surface area contributed by atoms with Crippen LogP contribution in [-0.4, -0.2) is 41.7 Å². The van der Waals surface area contributed by atoms with Gasteiger partial charge in [-0.25, -0.2) is 4.68 Å². The zero-order valence-corrected chi connectivity index (χ0v) is 17.7. The van der Waals surface area contributed by atoms with Crippen molar-refractivity contribution in [3.05, 3.63) is 53.2 Å². The number of nitrogens with two attached hydrogens (primary N) is 1. The number of benzene rings is 2. The van der Waals surface area contributed by atoms with Crippen LogP contribution in [0.3, 0.4) is 0 Å². The summed E-state index contributed by atoms with van der Waals surface area (Å²) in [5.41, 5.74) is 8.22. The summed E-state index contributed by atoms with van der Waals surface area (Å²) in [5, 5.41) is 7.85. The first-order valence-corrected chi connectivity index (χ1v) is 9.85. The Morgan fingerprint density at radius 2 is 1.84 bits per heavy atom. The largest absolute Gasteiger partial charge is 0.497 e. The number of primary amides is 1. The van der Waals surface area contributed by atoms with E-state index in [0.717, 1.165) is 5.56 Å². The van der Waals surface area contributed by atoms with Crippen LogP contribution in [-0.2, 0) is 4.79 Å². The van der Waals surface area contributed by atoms with Crippen LogP contribution in [0.1, 0.15) is 18.5 Å². The second-order valence-electron chi connectivity index (χ2n) is 7.35. The third kappa shape index (κ3) is 3.16. The minimum Gasteiger partial charge on any atom is -0.497 e. The molecule has 0 radical (unpaired) electrons. The zero-order chi connectivity index (χ0) is 22.4. The molecule has 0 spiro atoms. The predicted octanol–water partition coefficient (Wildman–Crippen LogP) is 2.47. The van der Waals surface area contributed by atoms with Gasteiger partial charge < -0.3 is 30.0 Å². The molecular weight excluding hydrogens is 414 g/mol. The van der Waals surface area contributed by atoms with Gasteiger partial charge in [0.15, 0.2) is 17.3 Å². The number of ether oxygens (including phenoxy) is 4. The highest BCUT2D eigenvalue weighted by Gasteiger charge is 2.34. The molecule has 0 aliphatic carbocycles. The van der Waals surface area contributed by atoms with Gasteiger partial charge in [-0.05, 0) is 36.8 Å². The van der Waals surface area contributed by atoms with E-state index < -0.39 is 11.9 Å². The lowest BCUT2D eigenvalue weighted by Crippen LogP contribution is -2.31. The van der Waals surface area contributed by atoms with Crippen LogP contribution in [0.5, 0.6) is 23.0 Å². The van der Waals surface area contributed by atoms with Crippen LogP contribution in [0, 0.1) is 0 Å². The van der Waals surface area contributed by atoms with E-state index in [1.165, 1.54) is 0 Å². The SMILES string of the molecule is COc1cc(OC)cc(-c2nc3n(n2)C(c2ccc4c(c2)OCO4)C(C(N)=O)=C(C)N3)c1.